The average Bonchev–Trinajstić information content (AvgIpc) is 2.81. The zero-order valence-electron chi connectivity index (χ0n) is 11.2. The van der Waals surface area contributed by atoms with Gasteiger partial charge in [0.05, 0.1) is 35.5 Å². The van der Waals surface area contributed by atoms with Crippen molar-refractivity contribution in [1.82, 2.24) is 9.55 Å². The summed E-state index contributed by atoms with van der Waals surface area (Å²) in [4.78, 5) is 4.20. The monoisotopic (exact) mass is 282 g/mol. The third-order valence-corrected chi connectivity index (χ3v) is 3.19. The van der Waals surface area contributed by atoms with Gasteiger partial charge in [-0.2, -0.15) is 5.26 Å². The third kappa shape index (κ3) is 2.05. The Balaban J connectivity index is 2.32. The SMILES string of the molecule is COc1cc(C#N)ccc1-n1c(N)nc2ccc(F)cc21. The molecule has 3 aromatic rings. The predicted molar refractivity (Wildman–Crippen MR) is 76.7 cm³/mol. The molecule has 1 heterocycles. The molecule has 0 bridgehead atoms. The molecule has 0 saturated carbocycles. The predicted octanol–water partition coefficient (Wildman–Crippen LogP) is 2.63. The Morgan fingerprint density at radius 3 is 2.81 bits per heavy atom. The summed E-state index contributed by atoms with van der Waals surface area (Å²) in [6.45, 7) is 0. The van der Waals surface area contributed by atoms with Gasteiger partial charge in [0.25, 0.3) is 0 Å². The molecule has 104 valence electrons. The standard InChI is InChI=1S/C15H11FN4O/c1-21-14-6-9(8-17)2-5-12(14)20-13-7-10(16)3-4-11(13)19-15(20)18/h2-7H,1H3,(H2,18,19). The molecule has 5 nitrogen and oxygen atoms in total. The lowest BCUT2D eigenvalue weighted by Crippen LogP contribution is -2.03. The normalized spacial score (nSPS) is 10.5. The Morgan fingerprint density at radius 1 is 1.29 bits per heavy atom. The van der Waals surface area contributed by atoms with Gasteiger partial charge in [0.15, 0.2) is 0 Å². The van der Waals surface area contributed by atoms with Gasteiger partial charge in [-0.1, -0.05) is 0 Å². The average molecular weight is 282 g/mol. The van der Waals surface area contributed by atoms with Crippen LogP contribution in [-0.4, -0.2) is 16.7 Å². The van der Waals surface area contributed by atoms with E-state index in [9.17, 15) is 4.39 Å². The van der Waals surface area contributed by atoms with Crippen LogP contribution in [0.15, 0.2) is 36.4 Å². The summed E-state index contributed by atoms with van der Waals surface area (Å²) in [5.74, 6) is 0.305. The van der Waals surface area contributed by atoms with Gasteiger partial charge < -0.3 is 10.5 Å². The number of methoxy groups -OCH3 is 1. The molecular weight excluding hydrogens is 271 g/mol. The highest BCUT2D eigenvalue weighted by Crippen LogP contribution is 2.30. The fourth-order valence-electron chi connectivity index (χ4n) is 2.25. The number of fused-ring (bicyclic) bond motifs is 1. The molecule has 0 amide bonds. The first-order valence-corrected chi connectivity index (χ1v) is 6.16. The summed E-state index contributed by atoms with van der Waals surface area (Å²) in [6.07, 6.45) is 0. The summed E-state index contributed by atoms with van der Waals surface area (Å²) in [5.41, 5.74) is 8.12. The number of halogens is 1. The summed E-state index contributed by atoms with van der Waals surface area (Å²) in [5, 5.41) is 8.94. The lowest BCUT2D eigenvalue weighted by Gasteiger charge is -2.11. The van der Waals surface area contributed by atoms with E-state index < -0.39 is 0 Å². The van der Waals surface area contributed by atoms with Crippen molar-refractivity contribution in [3.05, 3.63) is 47.8 Å². The molecule has 0 aliphatic carbocycles. The topological polar surface area (TPSA) is 76.9 Å². The van der Waals surface area contributed by atoms with Crippen LogP contribution in [-0.2, 0) is 0 Å². The van der Waals surface area contributed by atoms with Crippen LogP contribution < -0.4 is 10.5 Å². The van der Waals surface area contributed by atoms with Gasteiger partial charge >= 0.3 is 0 Å². The van der Waals surface area contributed by atoms with Crippen molar-refractivity contribution in [3.63, 3.8) is 0 Å². The van der Waals surface area contributed by atoms with Crippen molar-refractivity contribution >= 4 is 17.0 Å². The van der Waals surface area contributed by atoms with Gasteiger partial charge in [0.2, 0.25) is 5.95 Å². The van der Waals surface area contributed by atoms with E-state index in [2.05, 4.69) is 4.98 Å². The van der Waals surface area contributed by atoms with Gasteiger partial charge in [-0.3, -0.25) is 4.57 Å². The molecule has 2 aromatic carbocycles. The van der Waals surface area contributed by atoms with Crippen molar-refractivity contribution in [1.29, 1.82) is 5.26 Å². The van der Waals surface area contributed by atoms with Crippen LogP contribution in [0, 0.1) is 17.1 Å². The number of aromatic nitrogens is 2. The highest BCUT2D eigenvalue weighted by molar-refractivity contribution is 5.81. The first-order chi connectivity index (χ1) is 10.1. The number of nitriles is 1. The van der Waals surface area contributed by atoms with Crippen molar-refractivity contribution < 1.29 is 9.13 Å². The van der Waals surface area contributed by atoms with Gasteiger partial charge in [-0.15, -0.1) is 0 Å². The van der Waals surface area contributed by atoms with E-state index in [4.69, 9.17) is 15.7 Å². The number of anilines is 1. The van der Waals surface area contributed by atoms with E-state index in [1.165, 1.54) is 19.2 Å². The Labute approximate surface area is 120 Å². The minimum Gasteiger partial charge on any atom is -0.495 e. The Bertz CT molecular complexity index is 879. The van der Waals surface area contributed by atoms with Crippen molar-refractivity contribution in [2.75, 3.05) is 12.8 Å². The third-order valence-electron chi connectivity index (χ3n) is 3.19. The molecule has 2 N–H and O–H groups in total. The molecule has 6 heteroatoms. The number of imidazole rings is 1. The second-order valence-electron chi connectivity index (χ2n) is 4.44. The molecule has 0 saturated heterocycles. The van der Waals surface area contributed by atoms with E-state index in [0.29, 0.717) is 28.0 Å². The molecule has 0 aliphatic heterocycles. The van der Waals surface area contributed by atoms with Crippen LogP contribution in [0.4, 0.5) is 10.3 Å². The van der Waals surface area contributed by atoms with Crippen LogP contribution in [0.2, 0.25) is 0 Å². The minimum atomic E-state index is -0.378. The van der Waals surface area contributed by atoms with Gasteiger partial charge in [0, 0.05) is 12.1 Å². The molecule has 3 rings (SSSR count). The molecule has 0 fully saturated rings. The zero-order valence-corrected chi connectivity index (χ0v) is 11.2. The molecule has 0 radical (unpaired) electrons. The molecule has 0 atom stereocenters. The largest absolute Gasteiger partial charge is 0.495 e. The van der Waals surface area contributed by atoms with Gasteiger partial charge in [-0.05, 0) is 24.3 Å². The van der Waals surface area contributed by atoms with E-state index >= 15 is 0 Å². The maximum absolute atomic E-state index is 13.5. The van der Waals surface area contributed by atoms with Crippen LogP contribution in [0.25, 0.3) is 16.7 Å². The van der Waals surface area contributed by atoms with Crippen LogP contribution in [0.5, 0.6) is 5.75 Å². The summed E-state index contributed by atoms with van der Waals surface area (Å²) in [7, 11) is 1.50. The first-order valence-electron chi connectivity index (χ1n) is 6.16. The quantitative estimate of drug-likeness (QED) is 0.783. The maximum atomic E-state index is 13.5. The van der Waals surface area contributed by atoms with E-state index in [1.807, 2.05) is 6.07 Å². The lowest BCUT2D eigenvalue weighted by molar-refractivity contribution is 0.413. The second kappa shape index (κ2) is 4.80. The van der Waals surface area contributed by atoms with Crippen molar-refractivity contribution in [2.45, 2.75) is 0 Å². The number of nitrogen functional groups attached to an aromatic ring is 1. The fraction of sp³-hybridized carbons (Fsp3) is 0.0667. The number of hydrogen-bond donors (Lipinski definition) is 1. The minimum absolute atomic E-state index is 0.221. The van der Waals surface area contributed by atoms with Crippen LogP contribution in [0.1, 0.15) is 5.56 Å². The highest BCUT2D eigenvalue weighted by atomic mass is 19.1. The number of hydrogen-bond acceptors (Lipinski definition) is 4. The van der Waals surface area contributed by atoms with Crippen molar-refractivity contribution in [3.8, 4) is 17.5 Å². The first kappa shape index (κ1) is 12.9. The summed E-state index contributed by atoms with van der Waals surface area (Å²) >= 11 is 0. The molecule has 21 heavy (non-hydrogen) atoms. The Hall–Kier alpha value is -3.07. The molecule has 0 spiro atoms. The number of rotatable bonds is 2. The summed E-state index contributed by atoms with van der Waals surface area (Å²) < 4.78 is 20.4. The molecule has 0 aliphatic rings. The number of ether oxygens (including phenoxy) is 1. The van der Waals surface area contributed by atoms with Gasteiger partial charge in [-0.25, -0.2) is 9.37 Å². The zero-order chi connectivity index (χ0) is 15.0. The van der Waals surface area contributed by atoms with Gasteiger partial charge in [0.1, 0.15) is 11.6 Å². The Kier molecular flexibility index (Phi) is 2.95. The highest BCUT2D eigenvalue weighted by Gasteiger charge is 2.15. The number of benzene rings is 2. The molecular formula is C15H11FN4O. The Morgan fingerprint density at radius 2 is 2.10 bits per heavy atom. The van der Waals surface area contributed by atoms with E-state index in [1.54, 1.807) is 28.8 Å². The van der Waals surface area contributed by atoms with Crippen LogP contribution >= 0.6 is 0 Å². The van der Waals surface area contributed by atoms with Crippen LogP contribution in [0.3, 0.4) is 0 Å². The van der Waals surface area contributed by atoms with Crippen molar-refractivity contribution in [2.24, 2.45) is 0 Å². The number of nitrogens with zero attached hydrogens (tertiary/aromatic N) is 3. The lowest BCUT2D eigenvalue weighted by atomic mass is 10.2. The number of nitrogens with two attached hydrogens (primary N) is 1. The fourth-order valence-corrected chi connectivity index (χ4v) is 2.25. The van der Waals surface area contributed by atoms with E-state index in [-0.39, 0.29) is 11.8 Å². The van der Waals surface area contributed by atoms with E-state index in [0.717, 1.165) is 0 Å². The smallest absolute Gasteiger partial charge is 0.206 e. The molecule has 0 unspecified atom stereocenters. The second-order valence-corrected chi connectivity index (χ2v) is 4.44. The summed E-state index contributed by atoms with van der Waals surface area (Å²) in [6, 6.07) is 11.2. The maximum Gasteiger partial charge on any atom is 0.206 e. The molecule has 1 aromatic heterocycles.